The van der Waals surface area contributed by atoms with E-state index in [0.717, 1.165) is 32.5 Å². The van der Waals surface area contributed by atoms with Crippen molar-refractivity contribution in [2.45, 2.75) is 25.0 Å². The van der Waals surface area contributed by atoms with Crippen LogP contribution in [0.5, 0.6) is 5.75 Å². The Morgan fingerprint density at radius 3 is 2.28 bits per heavy atom. The number of esters is 1. The molecule has 1 atom stereocenters. The molecule has 0 aromatic heterocycles. The minimum Gasteiger partial charge on any atom is -0.463 e. The highest BCUT2D eigenvalue weighted by Crippen LogP contribution is 2.33. The summed E-state index contributed by atoms with van der Waals surface area (Å²) in [4.78, 5) is 25.9. The van der Waals surface area contributed by atoms with Gasteiger partial charge in [0, 0.05) is 12.1 Å². The normalized spacial score (nSPS) is 16.3. The Balaban J connectivity index is 1.41. The van der Waals surface area contributed by atoms with Crippen molar-refractivity contribution >= 4 is 5.97 Å². The first-order chi connectivity index (χ1) is 17.6. The molecule has 4 rings (SSSR count). The molecule has 1 fully saturated rings. The number of benzene rings is 3. The van der Waals surface area contributed by atoms with E-state index in [1.807, 2.05) is 12.1 Å². The molecule has 0 radical (unpaired) electrons. The summed E-state index contributed by atoms with van der Waals surface area (Å²) in [6.07, 6.45) is 1.85. The number of likely N-dealkylation sites (tertiary alicyclic amines) is 1. The van der Waals surface area contributed by atoms with Crippen molar-refractivity contribution in [1.82, 2.24) is 4.90 Å². The van der Waals surface area contributed by atoms with Gasteiger partial charge in [-0.25, -0.2) is 4.79 Å². The molecule has 3 aromatic carbocycles. The Kier molecular flexibility index (Phi) is 9.08. The van der Waals surface area contributed by atoms with E-state index in [1.165, 1.54) is 11.6 Å². The third-order valence-corrected chi connectivity index (χ3v) is 6.47. The summed E-state index contributed by atoms with van der Waals surface area (Å²) >= 11 is 0. The fourth-order valence-electron chi connectivity index (χ4n) is 4.45. The first-order valence-electron chi connectivity index (χ1n) is 12.3. The zero-order valence-electron chi connectivity index (χ0n) is 20.3. The summed E-state index contributed by atoms with van der Waals surface area (Å²) in [6, 6.07) is 25.6. The Morgan fingerprint density at radius 2 is 1.58 bits per heavy atom. The number of aliphatic hydroxyl groups is 2. The number of rotatable bonds is 11. The fraction of sp³-hybridized carbons (Fsp3) is 0.345. The van der Waals surface area contributed by atoms with Gasteiger partial charge in [0.15, 0.2) is 5.75 Å². The molecular weight excluding hydrogens is 458 g/mol. The van der Waals surface area contributed by atoms with Crippen LogP contribution in [0.4, 0.5) is 0 Å². The molecule has 3 aromatic rings. The molecule has 190 valence electrons. The Labute approximate surface area is 211 Å². The van der Waals surface area contributed by atoms with E-state index >= 15 is 0 Å². The number of ether oxygens (including phenoxy) is 1. The predicted molar refractivity (Wildman–Crippen MR) is 135 cm³/mol. The lowest BCUT2D eigenvalue weighted by Gasteiger charge is -2.33. The Bertz CT molecular complexity index is 1090. The average Bonchev–Trinajstić information content (AvgIpc) is 2.93. The van der Waals surface area contributed by atoms with E-state index in [-0.39, 0.29) is 25.7 Å². The molecule has 0 spiro atoms. The molecule has 2 N–H and O–H groups in total. The zero-order valence-corrected chi connectivity index (χ0v) is 20.3. The van der Waals surface area contributed by atoms with E-state index in [2.05, 4.69) is 29.2 Å². The zero-order chi connectivity index (χ0) is 25.2. The van der Waals surface area contributed by atoms with Gasteiger partial charge in [0.05, 0.1) is 13.2 Å². The maximum absolute atomic E-state index is 13.4. The molecule has 36 heavy (non-hydrogen) atoms. The van der Waals surface area contributed by atoms with Crippen LogP contribution in [0.15, 0.2) is 84.9 Å². The molecule has 0 unspecified atom stereocenters. The summed E-state index contributed by atoms with van der Waals surface area (Å²) in [6.45, 7) is 2.86. The van der Waals surface area contributed by atoms with Crippen LogP contribution in [-0.4, -0.2) is 54.0 Å². The van der Waals surface area contributed by atoms with Gasteiger partial charge in [-0.15, -0.1) is 0 Å². The summed E-state index contributed by atoms with van der Waals surface area (Å²) in [7, 11) is 0. The molecule has 1 heterocycles. The van der Waals surface area contributed by atoms with Gasteiger partial charge in [-0.2, -0.15) is 4.89 Å². The van der Waals surface area contributed by atoms with Gasteiger partial charge in [0.25, 0.3) is 0 Å². The van der Waals surface area contributed by atoms with Crippen molar-refractivity contribution in [1.29, 1.82) is 0 Å². The van der Waals surface area contributed by atoms with E-state index in [4.69, 9.17) is 19.6 Å². The van der Waals surface area contributed by atoms with Crippen LogP contribution in [0, 0.1) is 5.92 Å². The predicted octanol–water partition coefficient (Wildman–Crippen LogP) is 3.68. The molecular formula is C29H33NO6. The number of nitrogens with zero attached hydrogens (tertiary/aromatic N) is 1. The van der Waals surface area contributed by atoms with Gasteiger partial charge in [0.1, 0.15) is 6.61 Å². The first kappa shape index (κ1) is 25.9. The third-order valence-electron chi connectivity index (χ3n) is 6.47. The van der Waals surface area contributed by atoms with E-state index in [9.17, 15) is 9.90 Å². The molecule has 7 nitrogen and oxygen atoms in total. The molecule has 0 bridgehead atoms. The topological polar surface area (TPSA) is 88.5 Å². The number of hydrogen-bond acceptors (Lipinski definition) is 7. The highest BCUT2D eigenvalue weighted by atomic mass is 17.2. The lowest BCUT2D eigenvalue weighted by molar-refractivity contribution is -0.212. The molecule has 0 aliphatic carbocycles. The highest BCUT2D eigenvalue weighted by molar-refractivity contribution is 5.85. The van der Waals surface area contributed by atoms with Gasteiger partial charge in [-0.3, -0.25) is 4.90 Å². The second-order valence-electron chi connectivity index (χ2n) is 9.04. The quantitative estimate of drug-likeness (QED) is 0.183. The van der Waals surface area contributed by atoms with Gasteiger partial charge < -0.3 is 19.8 Å². The molecule has 1 aliphatic rings. The number of carbonyl (C=O) groups excluding carboxylic acids is 1. The Hall–Kier alpha value is -3.23. The second kappa shape index (κ2) is 12.6. The first-order valence-corrected chi connectivity index (χ1v) is 12.3. The van der Waals surface area contributed by atoms with Gasteiger partial charge in [0.2, 0.25) is 5.60 Å². The van der Waals surface area contributed by atoms with Crippen molar-refractivity contribution in [3.8, 4) is 5.75 Å². The minimum absolute atomic E-state index is 0.000607. The highest BCUT2D eigenvalue weighted by Gasteiger charge is 2.42. The lowest BCUT2D eigenvalue weighted by atomic mass is 9.86. The maximum Gasteiger partial charge on any atom is 0.347 e. The number of carbonyl (C=O) groups is 1. The van der Waals surface area contributed by atoms with Crippen LogP contribution in [0.3, 0.4) is 0 Å². The standard InChI is InChI=1S/C29H33NO6/c31-18-19-35-36-27-13-7-12-26(20-27)29(33,25-10-5-2-6-11-25)28(32)34-22-24-14-16-30(17-15-24)21-23-8-3-1-4-9-23/h1-13,20,24,31,33H,14-19,21-22H2/t29-/m0/s1. The fourth-order valence-corrected chi connectivity index (χ4v) is 4.45. The SMILES string of the molecule is O=C(OCC1CCN(Cc2ccccc2)CC1)[C@](O)(c1ccccc1)c1cccc(OOCCO)c1. The summed E-state index contributed by atoms with van der Waals surface area (Å²) < 4.78 is 5.73. The third kappa shape index (κ3) is 6.50. The van der Waals surface area contributed by atoms with Gasteiger partial charge in [-0.05, 0) is 55.1 Å². The van der Waals surface area contributed by atoms with Gasteiger partial charge in [-0.1, -0.05) is 72.8 Å². The maximum atomic E-state index is 13.4. The van der Waals surface area contributed by atoms with Crippen LogP contribution < -0.4 is 4.89 Å². The smallest absolute Gasteiger partial charge is 0.347 e. The van der Waals surface area contributed by atoms with Crippen LogP contribution >= 0.6 is 0 Å². The van der Waals surface area contributed by atoms with Crippen LogP contribution in [0.1, 0.15) is 29.5 Å². The minimum atomic E-state index is -2.01. The summed E-state index contributed by atoms with van der Waals surface area (Å²) in [5.41, 5.74) is -0.00289. The monoisotopic (exact) mass is 491 g/mol. The molecule has 1 aliphatic heterocycles. The summed E-state index contributed by atoms with van der Waals surface area (Å²) in [5, 5.41) is 20.6. The van der Waals surface area contributed by atoms with Crippen LogP contribution in [0.2, 0.25) is 0 Å². The number of aliphatic hydroxyl groups excluding tert-OH is 1. The summed E-state index contributed by atoms with van der Waals surface area (Å²) in [5.74, 6) is -0.190. The number of hydrogen-bond donors (Lipinski definition) is 2. The average molecular weight is 492 g/mol. The lowest BCUT2D eigenvalue weighted by Crippen LogP contribution is -2.40. The van der Waals surface area contributed by atoms with Crippen LogP contribution in [0.25, 0.3) is 0 Å². The van der Waals surface area contributed by atoms with Crippen molar-refractivity contribution < 1.29 is 29.5 Å². The Morgan fingerprint density at radius 1 is 0.917 bits per heavy atom. The van der Waals surface area contributed by atoms with Crippen molar-refractivity contribution in [3.05, 3.63) is 102 Å². The van der Waals surface area contributed by atoms with Gasteiger partial charge >= 0.3 is 5.97 Å². The van der Waals surface area contributed by atoms with E-state index in [1.54, 1.807) is 42.5 Å². The van der Waals surface area contributed by atoms with Crippen molar-refractivity contribution in [3.63, 3.8) is 0 Å². The van der Waals surface area contributed by atoms with Crippen molar-refractivity contribution in [2.75, 3.05) is 32.9 Å². The molecule has 7 heteroatoms. The van der Waals surface area contributed by atoms with Crippen LogP contribution in [-0.2, 0) is 26.6 Å². The molecule has 1 saturated heterocycles. The second-order valence-corrected chi connectivity index (χ2v) is 9.04. The molecule has 0 saturated carbocycles. The van der Waals surface area contributed by atoms with Crippen molar-refractivity contribution in [2.24, 2.45) is 5.92 Å². The molecule has 0 amide bonds. The number of piperidine rings is 1. The van der Waals surface area contributed by atoms with E-state index < -0.39 is 11.6 Å². The van der Waals surface area contributed by atoms with E-state index in [0.29, 0.717) is 16.9 Å². The largest absolute Gasteiger partial charge is 0.463 e.